The van der Waals surface area contributed by atoms with Crippen LogP contribution in [-0.4, -0.2) is 15.8 Å². The van der Waals surface area contributed by atoms with Crippen LogP contribution in [0, 0.1) is 10.1 Å². The molecule has 1 aromatic heterocycles. The number of ether oxygens (including phenoxy) is 1. The Morgan fingerprint density at radius 3 is 2.60 bits per heavy atom. The van der Waals surface area contributed by atoms with Crippen LogP contribution < -0.4 is 10.1 Å². The van der Waals surface area contributed by atoms with Gasteiger partial charge in [-0.1, -0.05) is 18.2 Å². The number of benzene rings is 3. The zero-order valence-electron chi connectivity index (χ0n) is 15.8. The molecule has 4 rings (SSSR count). The molecule has 148 valence electrons. The van der Waals surface area contributed by atoms with Gasteiger partial charge >= 0.3 is 0 Å². The summed E-state index contributed by atoms with van der Waals surface area (Å²) in [5, 5.41) is 14.5. The normalized spacial score (nSPS) is 10.5. The average molecular weight is 399 g/mol. The first-order valence-corrected chi connectivity index (χ1v) is 9.23. The van der Waals surface area contributed by atoms with E-state index in [1.54, 1.807) is 30.5 Å². The fourth-order valence-corrected chi connectivity index (χ4v) is 2.99. The number of carbonyl (C=O) groups excluding carboxylic acids is 1. The summed E-state index contributed by atoms with van der Waals surface area (Å²) in [6, 6.07) is 22.3. The molecule has 0 atom stereocenters. The fourth-order valence-electron chi connectivity index (χ4n) is 2.99. The Balaban J connectivity index is 1.41. The van der Waals surface area contributed by atoms with Gasteiger partial charge in [-0.15, -0.1) is 0 Å². The quantitative estimate of drug-likeness (QED) is 0.369. The summed E-state index contributed by atoms with van der Waals surface area (Å²) >= 11 is 0. The van der Waals surface area contributed by atoms with Gasteiger partial charge in [-0.05, 0) is 54.1 Å². The molecule has 0 unspecified atom stereocenters. The second-order valence-electron chi connectivity index (χ2n) is 6.59. The molecule has 0 aliphatic rings. The van der Waals surface area contributed by atoms with Crippen molar-refractivity contribution in [2.45, 2.75) is 6.54 Å². The van der Waals surface area contributed by atoms with E-state index in [1.807, 2.05) is 42.5 Å². The number of nitro groups is 1. The van der Waals surface area contributed by atoms with E-state index in [0.717, 1.165) is 16.5 Å². The van der Waals surface area contributed by atoms with Gasteiger partial charge in [0.25, 0.3) is 11.6 Å². The third kappa shape index (κ3) is 4.41. The Bertz CT molecular complexity index is 1220. The number of carbonyl (C=O) groups is 1. The molecule has 1 heterocycles. The maximum atomic E-state index is 12.5. The predicted octanol–water partition coefficient (Wildman–Crippen LogP) is 4.87. The van der Waals surface area contributed by atoms with Crippen molar-refractivity contribution in [3.8, 4) is 11.5 Å². The topological polar surface area (TPSA) is 94.4 Å². The number of rotatable bonds is 6. The van der Waals surface area contributed by atoms with Gasteiger partial charge < -0.3 is 10.1 Å². The molecule has 4 aromatic rings. The second-order valence-corrected chi connectivity index (χ2v) is 6.59. The molecule has 0 aliphatic heterocycles. The number of non-ortho nitro benzene ring substituents is 1. The zero-order valence-corrected chi connectivity index (χ0v) is 15.8. The Hall–Kier alpha value is -4.26. The molecule has 0 saturated carbocycles. The van der Waals surface area contributed by atoms with Crippen molar-refractivity contribution in [2.75, 3.05) is 0 Å². The van der Waals surface area contributed by atoms with Gasteiger partial charge in [0.05, 0.1) is 10.4 Å². The van der Waals surface area contributed by atoms with Gasteiger partial charge in [-0.25, -0.2) is 0 Å². The number of aromatic nitrogens is 1. The lowest BCUT2D eigenvalue weighted by Gasteiger charge is -2.09. The van der Waals surface area contributed by atoms with E-state index in [2.05, 4.69) is 10.3 Å². The highest BCUT2D eigenvalue weighted by Gasteiger charge is 2.08. The van der Waals surface area contributed by atoms with E-state index in [4.69, 9.17) is 4.74 Å². The van der Waals surface area contributed by atoms with Crippen LogP contribution in [0.4, 0.5) is 5.69 Å². The lowest BCUT2D eigenvalue weighted by Crippen LogP contribution is -2.22. The van der Waals surface area contributed by atoms with E-state index in [-0.39, 0.29) is 11.6 Å². The Morgan fingerprint density at radius 2 is 1.80 bits per heavy atom. The first kappa shape index (κ1) is 19.1. The van der Waals surface area contributed by atoms with E-state index >= 15 is 0 Å². The summed E-state index contributed by atoms with van der Waals surface area (Å²) in [6.45, 7) is 0.335. The summed E-state index contributed by atoms with van der Waals surface area (Å²) in [7, 11) is 0. The van der Waals surface area contributed by atoms with E-state index in [0.29, 0.717) is 23.6 Å². The van der Waals surface area contributed by atoms with Crippen LogP contribution >= 0.6 is 0 Å². The van der Waals surface area contributed by atoms with Crippen LogP contribution in [0.25, 0.3) is 10.9 Å². The van der Waals surface area contributed by atoms with Gasteiger partial charge in [0.1, 0.15) is 11.5 Å². The zero-order chi connectivity index (χ0) is 20.9. The van der Waals surface area contributed by atoms with Crippen LogP contribution in [0.5, 0.6) is 11.5 Å². The highest BCUT2D eigenvalue weighted by Crippen LogP contribution is 2.24. The molecule has 0 saturated heterocycles. The summed E-state index contributed by atoms with van der Waals surface area (Å²) < 4.78 is 5.75. The molecular weight excluding hydrogens is 382 g/mol. The van der Waals surface area contributed by atoms with Crippen LogP contribution in [0.2, 0.25) is 0 Å². The van der Waals surface area contributed by atoms with Crippen LogP contribution in [0.15, 0.2) is 85.1 Å². The first-order valence-electron chi connectivity index (χ1n) is 9.23. The SMILES string of the molecule is O=C(NCc1cccc(Oc2ccc([N+](=O)[O-])cc2)c1)c1ccc2ncccc2c1. The monoisotopic (exact) mass is 399 g/mol. The van der Waals surface area contributed by atoms with E-state index in [1.165, 1.54) is 12.1 Å². The van der Waals surface area contributed by atoms with Gasteiger partial charge in [0.2, 0.25) is 0 Å². The molecule has 0 fully saturated rings. The Morgan fingerprint density at radius 1 is 0.967 bits per heavy atom. The summed E-state index contributed by atoms with van der Waals surface area (Å²) in [4.78, 5) is 27.0. The number of fused-ring (bicyclic) bond motifs is 1. The number of pyridine rings is 1. The van der Waals surface area contributed by atoms with Crippen molar-refractivity contribution >= 4 is 22.5 Å². The maximum absolute atomic E-state index is 12.5. The smallest absolute Gasteiger partial charge is 0.269 e. The molecule has 0 bridgehead atoms. The number of hydrogen-bond donors (Lipinski definition) is 1. The van der Waals surface area contributed by atoms with Crippen molar-refractivity contribution in [1.29, 1.82) is 0 Å². The van der Waals surface area contributed by atoms with Gasteiger partial charge in [0.15, 0.2) is 0 Å². The van der Waals surface area contributed by atoms with Gasteiger partial charge in [-0.3, -0.25) is 19.9 Å². The van der Waals surface area contributed by atoms with Crippen molar-refractivity contribution in [3.05, 3.63) is 106 Å². The third-order valence-electron chi connectivity index (χ3n) is 4.50. The minimum absolute atomic E-state index is 0.00304. The lowest BCUT2D eigenvalue weighted by molar-refractivity contribution is -0.384. The molecule has 0 spiro atoms. The molecule has 7 nitrogen and oxygen atoms in total. The summed E-state index contributed by atoms with van der Waals surface area (Å²) in [5.41, 5.74) is 2.27. The minimum atomic E-state index is -0.459. The molecule has 30 heavy (non-hydrogen) atoms. The summed E-state index contributed by atoms with van der Waals surface area (Å²) in [6.07, 6.45) is 1.72. The number of nitrogens with zero attached hydrogens (tertiary/aromatic N) is 2. The highest BCUT2D eigenvalue weighted by molar-refractivity contribution is 5.97. The molecule has 7 heteroatoms. The molecule has 3 aromatic carbocycles. The van der Waals surface area contributed by atoms with E-state index in [9.17, 15) is 14.9 Å². The number of hydrogen-bond acceptors (Lipinski definition) is 5. The number of nitrogens with one attached hydrogen (secondary N) is 1. The maximum Gasteiger partial charge on any atom is 0.269 e. The molecule has 1 amide bonds. The van der Waals surface area contributed by atoms with Crippen molar-refractivity contribution < 1.29 is 14.5 Å². The Labute approximate surface area is 172 Å². The van der Waals surface area contributed by atoms with Crippen LogP contribution in [-0.2, 0) is 6.54 Å². The average Bonchev–Trinajstić information content (AvgIpc) is 2.78. The van der Waals surface area contributed by atoms with Crippen molar-refractivity contribution in [2.24, 2.45) is 0 Å². The largest absolute Gasteiger partial charge is 0.457 e. The molecular formula is C23H17N3O4. The standard InChI is InChI=1S/C23H17N3O4/c27-23(18-6-11-22-17(14-18)4-2-12-24-22)25-15-16-3-1-5-21(13-16)30-20-9-7-19(8-10-20)26(28)29/h1-14H,15H2,(H,25,27). The van der Waals surface area contributed by atoms with E-state index < -0.39 is 4.92 Å². The highest BCUT2D eigenvalue weighted by atomic mass is 16.6. The Kier molecular flexibility index (Phi) is 5.34. The predicted molar refractivity (Wildman–Crippen MR) is 113 cm³/mol. The van der Waals surface area contributed by atoms with Crippen LogP contribution in [0.1, 0.15) is 15.9 Å². The number of amides is 1. The molecule has 0 radical (unpaired) electrons. The minimum Gasteiger partial charge on any atom is -0.457 e. The second kappa shape index (κ2) is 8.40. The third-order valence-corrected chi connectivity index (χ3v) is 4.50. The first-order chi connectivity index (χ1) is 14.6. The molecule has 1 N–H and O–H groups in total. The molecule has 0 aliphatic carbocycles. The lowest BCUT2D eigenvalue weighted by atomic mass is 10.1. The summed E-state index contributed by atoms with van der Waals surface area (Å²) in [5.74, 6) is 0.890. The van der Waals surface area contributed by atoms with Gasteiger partial charge in [-0.2, -0.15) is 0 Å². The number of nitro benzene ring substituents is 1. The van der Waals surface area contributed by atoms with Crippen molar-refractivity contribution in [1.82, 2.24) is 10.3 Å². The fraction of sp³-hybridized carbons (Fsp3) is 0.0435. The van der Waals surface area contributed by atoms with Gasteiger partial charge in [0, 0.05) is 35.8 Å². The van der Waals surface area contributed by atoms with Crippen LogP contribution in [0.3, 0.4) is 0 Å². The van der Waals surface area contributed by atoms with Crippen molar-refractivity contribution in [3.63, 3.8) is 0 Å².